The van der Waals surface area contributed by atoms with Gasteiger partial charge in [-0.3, -0.25) is 4.79 Å². The van der Waals surface area contributed by atoms with Gasteiger partial charge in [0.2, 0.25) is 0 Å². The van der Waals surface area contributed by atoms with Crippen LogP contribution in [0.4, 0.5) is 0 Å². The van der Waals surface area contributed by atoms with Crippen molar-refractivity contribution in [3.63, 3.8) is 0 Å². The second-order valence-corrected chi connectivity index (χ2v) is 6.08. The van der Waals surface area contributed by atoms with Gasteiger partial charge in [-0.2, -0.15) is 0 Å². The first-order valence-corrected chi connectivity index (χ1v) is 9.18. The quantitative estimate of drug-likeness (QED) is 0.299. The van der Waals surface area contributed by atoms with E-state index >= 15 is 0 Å². The van der Waals surface area contributed by atoms with Crippen LogP contribution in [0, 0.1) is 0 Å². The minimum Gasteiger partial charge on any atom is -0.324 e. The highest BCUT2D eigenvalue weighted by atomic mass is 16.1. The first-order chi connectivity index (χ1) is 10.3. The van der Waals surface area contributed by atoms with Gasteiger partial charge in [0.1, 0.15) is 5.78 Å². The Bertz CT molecular complexity index is 248. The summed E-state index contributed by atoms with van der Waals surface area (Å²) in [5.41, 5.74) is 5.28. The predicted molar refractivity (Wildman–Crippen MR) is 93.5 cm³/mol. The van der Waals surface area contributed by atoms with Crippen molar-refractivity contribution in [3.05, 3.63) is 12.2 Å². The molecule has 0 heterocycles. The molecule has 0 amide bonds. The van der Waals surface area contributed by atoms with E-state index in [-0.39, 0.29) is 12.3 Å². The van der Waals surface area contributed by atoms with Crippen LogP contribution < -0.4 is 5.73 Å². The summed E-state index contributed by atoms with van der Waals surface area (Å²) in [6.45, 7) is 2.48. The molecule has 0 unspecified atom stereocenters. The lowest BCUT2D eigenvalue weighted by atomic mass is 10.1. The fourth-order valence-corrected chi connectivity index (χ4v) is 2.49. The van der Waals surface area contributed by atoms with E-state index in [1.807, 2.05) is 0 Å². The van der Waals surface area contributed by atoms with Crippen molar-refractivity contribution in [2.24, 2.45) is 5.73 Å². The summed E-state index contributed by atoms with van der Waals surface area (Å²) in [5.74, 6) is 0.202. The minimum atomic E-state index is 0.202. The Morgan fingerprint density at radius 1 is 0.762 bits per heavy atom. The largest absolute Gasteiger partial charge is 0.324 e. The number of allylic oxidation sites excluding steroid dienone is 2. The zero-order valence-electron chi connectivity index (χ0n) is 14.2. The third-order valence-electron chi connectivity index (χ3n) is 3.95. The molecule has 0 aromatic carbocycles. The van der Waals surface area contributed by atoms with Gasteiger partial charge in [-0.1, -0.05) is 70.4 Å². The number of Topliss-reactive ketones (excluding diaryl/α,β-unsaturated/α-hetero) is 1. The maximum atomic E-state index is 11.0. The highest BCUT2D eigenvalue weighted by molar-refractivity contribution is 5.80. The molecular weight excluding hydrogens is 258 g/mol. The average molecular weight is 296 g/mol. The normalized spacial score (nSPS) is 11.3. The minimum absolute atomic E-state index is 0.202. The van der Waals surface area contributed by atoms with E-state index in [0.29, 0.717) is 6.42 Å². The van der Waals surface area contributed by atoms with Crippen LogP contribution in [-0.4, -0.2) is 12.3 Å². The first-order valence-electron chi connectivity index (χ1n) is 9.18. The Hall–Kier alpha value is -0.630. The van der Waals surface area contributed by atoms with E-state index in [0.717, 1.165) is 6.42 Å². The van der Waals surface area contributed by atoms with E-state index in [9.17, 15) is 4.79 Å². The number of nitrogens with two attached hydrogens (primary N) is 1. The maximum Gasteiger partial charge on any atom is 0.146 e. The highest BCUT2D eigenvalue weighted by Crippen LogP contribution is 2.09. The monoisotopic (exact) mass is 295 g/mol. The molecule has 0 spiro atoms. The number of carbonyl (C=O) groups excluding carboxylic acids is 1. The molecule has 0 bridgehead atoms. The number of carbonyl (C=O) groups is 1. The molecule has 0 atom stereocenters. The molecule has 0 saturated heterocycles. The zero-order valence-corrected chi connectivity index (χ0v) is 14.2. The molecule has 0 rings (SSSR count). The van der Waals surface area contributed by atoms with Crippen LogP contribution in [0.1, 0.15) is 96.8 Å². The SMILES string of the molecule is CCCCCCCCC=CCCCCCCCC(=O)CN. The fourth-order valence-electron chi connectivity index (χ4n) is 2.49. The van der Waals surface area contributed by atoms with Gasteiger partial charge in [0.15, 0.2) is 0 Å². The van der Waals surface area contributed by atoms with Gasteiger partial charge in [-0.05, 0) is 32.1 Å². The van der Waals surface area contributed by atoms with E-state index < -0.39 is 0 Å². The maximum absolute atomic E-state index is 11.0. The second-order valence-electron chi connectivity index (χ2n) is 6.08. The summed E-state index contributed by atoms with van der Waals surface area (Å²) in [7, 11) is 0. The molecule has 2 heteroatoms. The third-order valence-corrected chi connectivity index (χ3v) is 3.95. The van der Waals surface area contributed by atoms with Gasteiger partial charge < -0.3 is 5.73 Å². The lowest BCUT2D eigenvalue weighted by Crippen LogP contribution is -2.12. The number of hydrogen-bond donors (Lipinski definition) is 1. The Morgan fingerprint density at radius 2 is 1.24 bits per heavy atom. The van der Waals surface area contributed by atoms with Crippen molar-refractivity contribution in [2.45, 2.75) is 96.8 Å². The van der Waals surface area contributed by atoms with E-state index in [1.54, 1.807) is 0 Å². The van der Waals surface area contributed by atoms with Crippen LogP contribution in [-0.2, 0) is 4.79 Å². The third kappa shape index (κ3) is 17.3. The van der Waals surface area contributed by atoms with Gasteiger partial charge in [0.25, 0.3) is 0 Å². The summed E-state index contributed by atoms with van der Waals surface area (Å²) >= 11 is 0. The van der Waals surface area contributed by atoms with Crippen molar-refractivity contribution in [3.8, 4) is 0 Å². The van der Waals surface area contributed by atoms with Gasteiger partial charge in [0.05, 0.1) is 6.54 Å². The summed E-state index contributed by atoms with van der Waals surface area (Å²) in [6, 6.07) is 0. The summed E-state index contributed by atoms with van der Waals surface area (Å²) in [4.78, 5) is 11.0. The molecule has 0 aromatic heterocycles. The number of unbranched alkanes of at least 4 members (excludes halogenated alkanes) is 11. The highest BCUT2D eigenvalue weighted by Gasteiger charge is 1.97. The number of ketones is 1. The van der Waals surface area contributed by atoms with Crippen LogP contribution in [0.15, 0.2) is 12.2 Å². The molecule has 0 aromatic rings. The Kier molecular flexibility index (Phi) is 16.9. The van der Waals surface area contributed by atoms with E-state index in [2.05, 4.69) is 19.1 Å². The van der Waals surface area contributed by atoms with Crippen molar-refractivity contribution >= 4 is 5.78 Å². The molecule has 2 nitrogen and oxygen atoms in total. The Labute approximate surface area is 132 Å². The van der Waals surface area contributed by atoms with Gasteiger partial charge in [-0.25, -0.2) is 0 Å². The summed E-state index contributed by atoms with van der Waals surface area (Å²) in [5, 5.41) is 0. The Balaban J connectivity index is 3.10. The smallest absolute Gasteiger partial charge is 0.146 e. The van der Waals surface area contributed by atoms with Gasteiger partial charge in [-0.15, -0.1) is 0 Å². The summed E-state index contributed by atoms with van der Waals surface area (Å²) < 4.78 is 0. The van der Waals surface area contributed by atoms with Crippen LogP contribution in [0.3, 0.4) is 0 Å². The zero-order chi connectivity index (χ0) is 15.6. The van der Waals surface area contributed by atoms with Crippen molar-refractivity contribution in [2.75, 3.05) is 6.54 Å². The van der Waals surface area contributed by atoms with Gasteiger partial charge >= 0.3 is 0 Å². The van der Waals surface area contributed by atoms with Crippen LogP contribution in [0.5, 0.6) is 0 Å². The van der Waals surface area contributed by atoms with Crippen LogP contribution >= 0.6 is 0 Å². The van der Waals surface area contributed by atoms with E-state index in [4.69, 9.17) is 5.73 Å². The molecule has 0 aliphatic carbocycles. The molecule has 2 N–H and O–H groups in total. The first kappa shape index (κ1) is 20.4. The average Bonchev–Trinajstić information content (AvgIpc) is 2.50. The molecule has 124 valence electrons. The topological polar surface area (TPSA) is 43.1 Å². The molecular formula is C19H37NO. The van der Waals surface area contributed by atoms with Crippen molar-refractivity contribution in [1.29, 1.82) is 0 Å². The number of rotatable bonds is 16. The van der Waals surface area contributed by atoms with Crippen LogP contribution in [0.25, 0.3) is 0 Å². The van der Waals surface area contributed by atoms with E-state index in [1.165, 1.54) is 77.0 Å². The number of hydrogen-bond acceptors (Lipinski definition) is 2. The molecule has 0 radical (unpaired) electrons. The second kappa shape index (κ2) is 17.4. The fraction of sp³-hybridized carbons (Fsp3) is 0.842. The van der Waals surface area contributed by atoms with Crippen LogP contribution in [0.2, 0.25) is 0 Å². The molecule has 0 fully saturated rings. The lowest BCUT2D eigenvalue weighted by Gasteiger charge is -2.00. The standard InChI is InChI=1S/C19H37NO/c1-2-3-4-5-6-7-8-9-10-11-12-13-14-15-16-17-19(21)18-20/h9-10H,2-8,11-18,20H2,1H3. The Morgan fingerprint density at radius 3 is 1.76 bits per heavy atom. The molecule has 0 saturated carbocycles. The summed E-state index contributed by atoms with van der Waals surface area (Å²) in [6.07, 6.45) is 22.2. The van der Waals surface area contributed by atoms with Crippen molar-refractivity contribution in [1.82, 2.24) is 0 Å². The molecule has 0 aliphatic heterocycles. The predicted octanol–water partition coefficient (Wildman–Crippen LogP) is 5.55. The molecule has 21 heavy (non-hydrogen) atoms. The lowest BCUT2D eigenvalue weighted by molar-refractivity contribution is -0.117. The van der Waals surface area contributed by atoms with Gasteiger partial charge in [0, 0.05) is 6.42 Å². The van der Waals surface area contributed by atoms with Crippen molar-refractivity contribution < 1.29 is 4.79 Å². The molecule has 0 aliphatic rings.